The molecule has 5 rings (SSSR count). The van der Waals surface area contributed by atoms with E-state index in [-0.39, 0.29) is 11.2 Å². The summed E-state index contributed by atoms with van der Waals surface area (Å²) in [4.78, 5) is 16.1. The Morgan fingerprint density at radius 1 is 1.10 bits per heavy atom. The van der Waals surface area contributed by atoms with Crippen LogP contribution in [0, 0.1) is 6.92 Å². The van der Waals surface area contributed by atoms with Crippen LogP contribution in [0.4, 0.5) is 11.6 Å². The molecule has 1 fully saturated rings. The maximum absolute atomic E-state index is 12.4. The first-order valence-electron chi connectivity index (χ1n) is 9.83. The molecule has 1 aliphatic heterocycles. The second-order valence-electron chi connectivity index (χ2n) is 7.88. The number of nitrogens with zero attached hydrogens (tertiary/aromatic N) is 4. The molecule has 0 N–H and O–H groups in total. The zero-order valence-electron chi connectivity index (χ0n) is 16.5. The van der Waals surface area contributed by atoms with Crippen molar-refractivity contribution >= 4 is 21.5 Å². The van der Waals surface area contributed by atoms with Crippen molar-refractivity contribution in [2.24, 2.45) is 0 Å². The summed E-state index contributed by atoms with van der Waals surface area (Å²) in [6, 6.07) is 11.4. The third kappa shape index (κ3) is 3.00. The summed E-state index contributed by atoms with van der Waals surface area (Å²) in [6.45, 7) is 4.42. The van der Waals surface area contributed by atoms with Crippen molar-refractivity contribution < 1.29 is 8.42 Å². The van der Waals surface area contributed by atoms with Crippen LogP contribution in [0.1, 0.15) is 31.0 Å². The molecule has 2 aliphatic rings. The lowest BCUT2D eigenvalue weighted by molar-refractivity contribution is 0.597. The van der Waals surface area contributed by atoms with Gasteiger partial charge in [-0.1, -0.05) is 19.1 Å². The monoisotopic (exact) mass is 406 g/mol. The average molecular weight is 407 g/mol. The standard InChI is InChI=1S/C22H22N4O2S/c1-3-29(27,28)17-7-8-18-20(11-17)26(14-22(18)9-10-22)21-23-12-16(13-24-21)19-6-4-5-15(2)25-19/h4-8,11-13H,3,9-10,14H2,1-2H3. The lowest BCUT2D eigenvalue weighted by Crippen LogP contribution is -2.21. The van der Waals surface area contributed by atoms with Crippen LogP contribution in [0.3, 0.4) is 0 Å². The fraction of sp³-hybridized carbons (Fsp3) is 0.318. The third-order valence-corrected chi connectivity index (χ3v) is 7.68. The Kier molecular flexibility index (Phi) is 4.00. The molecule has 3 heterocycles. The molecule has 1 spiro atoms. The van der Waals surface area contributed by atoms with E-state index in [9.17, 15) is 8.42 Å². The molecule has 1 aromatic carbocycles. The highest BCUT2D eigenvalue weighted by molar-refractivity contribution is 7.91. The quantitative estimate of drug-likeness (QED) is 0.656. The molecular formula is C22H22N4O2S. The van der Waals surface area contributed by atoms with Crippen molar-refractivity contribution in [3.8, 4) is 11.3 Å². The number of sulfone groups is 1. The molecule has 0 radical (unpaired) electrons. The molecule has 1 aliphatic carbocycles. The zero-order chi connectivity index (χ0) is 20.2. The van der Waals surface area contributed by atoms with Gasteiger partial charge in [0.15, 0.2) is 9.84 Å². The highest BCUT2D eigenvalue weighted by atomic mass is 32.2. The van der Waals surface area contributed by atoms with Crippen LogP contribution in [0.15, 0.2) is 53.7 Å². The van der Waals surface area contributed by atoms with Gasteiger partial charge in [-0.05, 0) is 49.6 Å². The first kappa shape index (κ1) is 18.2. The SMILES string of the molecule is CCS(=O)(=O)c1ccc2c(c1)N(c1ncc(-c3cccc(C)n3)cn1)CC21CC1. The van der Waals surface area contributed by atoms with Crippen molar-refractivity contribution in [3.63, 3.8) is 0 Å². The minimum absolute atomic E-state index is 0.0889. The normalized spacial score (nSPS) is 16.8. The molecule has 7 heteroatoms. The van der Waals surface area contributed by atoms with Gasteiger partial charge in [-0.2, -0.15) is 0 Å². The average Bonchev–Trinajstić information content (AvgIpc) is 3.45. The first-order chi connectivity index (χ1) is 13.9. The van der Waals surface area contributed by atoms with E-state index < -0.39 is 9.84 Å². The summed E-state index contributed by atoms with van der Waals surface area (Å²) in [5, 5.41) is 0. The van der Waals surface area contributed by atoms with Crippen molar-refractivity contribution in [2.75, 3.05) is 17.2 Å². The predicted octanol–water partition coefficient (Wildman–Crippen LogP) is 3.82. The van der Waals surface area contributed by atoms with Crippen LogP contribution < -0.4 is 4.90 Å². The van der Waals surface area contributed by atoms with Crippen molar-refractivity contribution in [3.05, 3.63) is 60.0 Å². The maximum Gasteiger partial charge on any atom is 0.229 e. The van der Waals surface area contributed by atoms with E-state index in [2.05, 4.69) is 19.9 Å². The fourth-order valence-electron chi connectivity index (χ4n) is 4.07. The minimum atomic E-state index is -3.26. The molecule has 6 nitrogen and oxygen atoms in total. The molecule has 0 unspecified atom stereocenters. The summed E-state index contributed by atoms with van der Waals surface area (Å²) in [7, 11) is -3.26. The van der Waals surface area contributed by atoms with Crippen LogP contribution in [0.5, 0.6) is 0 Å². The first-order valence-corrected chi connectivity index (χ1v) is 11.5. The van der Waals surface area contributed by atoms with E-state index in [1.165, 1.54) is 5.56 Å². The molecule has 0 saturated heterocycles. The lowest BCUT2D eigenvalue weighted by atomic mass is 9.99. The number of rotatable bonds is 4. The Morgan fingerprint density at radius 2 is 1.86 bits per heavy atom. The highest BCUT2D eigenvalue weighted by Gasteiger charge is 2.52. The van der Waals surface area contributed by atoms with Gasteiger partial charge in [-0.25, -0.2) is 18.4 Å². The number of benzene rings is 1. The van der Waals surface area contributed by atoms with Gasteiger partial charge in [0.1, 0.15) is 0 Å². The van der Waals surface area contributed by atoms with Crippen LogP contribution in [0.25, 0.3) is 11.3 Å². The van der Waals surface area contributed by atoms with E-state index in [0.29, 0.717) is 10.8 Å². The second kappa shape index (κ2) is 6.35. The molecule has 0 amide bonds. The summed E-state index contributed by atoms with van der Waals surface area (Å²) < 4.78 is 24.8. The number of fused-ring (bicyclic) bond motifs is 2. The fourth-order valence-corrected chi connectivity index (χ4v) is 4.97. The van der Waals surface area contributed by atoms with E-state index >= 15 is 0 Å². The zero-order valence-corrected chi connectivity index (χ0v) is 17.3. The topological polar surface area (TPSA) is 76.1 Å². The third-order valence-electron chi connectivity index (χ3n) is 5.95. The number of aromatic nitrogens is 3. The smallest absolute Gasteiger partial charge is 0.229 e. The van der Waals surface area contributed by atoms with Gasteiger partial charge in [-0.3, -0.25) is 4.98 Å². The van der Waals surface area contributed by atoms with Crippen molar-refractivity contribution in [1.82, 2.24) is 15.0 Å². The highest BCUT2D eigenvalue weighted by Crippen LogP contribution is 2.58. The van der Waals surface area contributed by atoms with Crippen LogP contribution >= 0.6 is 0 Å². The van der Waals surface area contributed by atoms with E-state index in [1.807, 2.05) is 31.2 Å². The number of hydrogen-bond acceptors (Lipinski definition) is 6. The summed E-state index contributed by atoms with van der Waals surface area (Å²) in [5.74, 6) is 0.684. The largest absolute Gasteiger partial charge is 0.309 e. The molecule has 3 aromatic rings. The number of pyridine rings is 1. The molecule has 2 aromatic heterocycles. The van der Waals surface area contributed by atoms with Gasteiger partial charge in [0, 0.05) is 41.3 Å². The molecule has 1 saturated carbocycles. The van der Waals surface area contributed by atoms with Crippen LogP contribution in [0.2, 0.25) is 0 Å². The van der Waals surface area contributed by atoms with E-state index in [0.717, 1.165) is 42.0 Å². The van der Waals surface area contributed by atoms with Gasteiger partial charge in [-0.15, -0.1) is 0 Å². The second-order valence-corrected chi connectivity index (χ2v) is 10.2. The van der Waals surface area contributed by atoms with Crippen molar-refractivity contribution in [2.45, 2.75) is 37.0 Å². The number of hydrogen-bond donors (Lipinski definition) is 0. The number of aryl methyl sites for hydroxylation is 1. The molecule has 0 bridgehead atoms. The molecule has 148 valence electrons. The summed E-state index contributed by atoms with van der Waals surface area (Å²) in [6.07, 6.45) is 5.80. The predicted molar refractivity (Wildman–Crippen MR) is 112 cm³/mol. The lowest BCUT2D eigenvalue weighted by Gasteiger charge is -2.18. The summed E-state index contributed by atoms with van der Waals surface area (Å²) in [5.41, 5.74) is 4.89. The Hall–Kier alpha value is -2.80. The van der Waals surface area contributed by atoms with Crippen molar-refractivity contribution in [1.29, 1.82) is 0 Å². The van der Waals surface area contributed by atoms with Gasteiger partial charge >= 0.3 is 0 Å². The Labute approximate surface area is 170 Å². The van der Waals surface area contributed by atoms with Gasteiger partial charge < -0.3 is 4.90 Å². The molecule has 29 heavy (non-hydrogen) atoms. The summed E-state index contributed by atoms with van der Waals surface area (Å²) >= 11 is 0. The minimum Gasteiger partial charge on any atom is -0.309 e. The van der Waals surface area contributed by atoms with E-state index in [4.69, 9.17) is 0 Å². The Morgan fingerprint density at radius 3 is 2.52 bits per heavy atom. The Bertz CT molecular complexity index is 1200. The molecular weight excluding hydrogens is 384 g/mol. The van der Waals surface area contributed by atoms with Gasteiger partial charge in [0.05, 0.1) is 16.3 Å². The number of anilines is 2. The molecule has 0 atom stereocenters. The van der Waals surface area contributed by atoms with Gasteiger partial charge in [0.25, 0.3) is 0 Å². The van der Waals surface area contributed by atoms with E-state index in [1.54, 1.807) is 31.5 Å². The Balaban J connectivity index is 1.54. The van der Waals surface area contributed by atoms with Crippen LogP contribution in [-0.4, -0.2) is 35.7 Å². The maximum atomic E-state index is 12.4. The van der Waals surface area contributed by atoms with Gasteiger partial charge in [0.2, 0.25) is 5.95 Å². The van der Waals surface area contributed by atoms with Crippen LogP contribution in [-0.2, 0) is 15.3 Å².